The van der Waals surface area contributed by atoms with Gasteiger partial charge in [-0.1, -0.05) is 18.2 Å². The molecule has 33 heavy (non-hydrogen) atoms. The molecule has 6 atom stereocenters. The first-order valence-corrected chi connectivity index (χ1v) is 10.00. The van der Waals surface area contributed by atoms with Crippen molar-refractivity contribution in [3.8, 4) is 23.0 Å². The van der Waals surface area contributed by atoms with Crippen molar-refractivity contribution < 1.29 is 54.1 Å². The summed E-state index contributed by atoms with van der Waals surface area (Å²) in [5.41, 5.74) is 0.565. The highest BCUT2D eigenvalue weighted by Crippen LogP contribution is 2.44. The number of ether oxygens (including phenoxy) is 4. The number of methoxy groups -OCH3 is 1. The zero-order valence-electron chi connectivity index (χ0n) is 17.3. The van der Waals surface area contributed by atoms with Gasteiger partial charge in [0.05, 0.1) is 13.5 Å². The number of phenolic OH excluding ortho intramolecular Hbond substituents is 1. The first-order chi connectivity index (χ1) is 15.7. The van der Waals surface area contributed by atoms with E-state index >= 15 is 0 Å². The number of benzene rings is 2. The van der Waals surface area contributed by atoms with Crippen LogP contribution in [0, 0.1) is 0 Å². The van der Waals surface area contributed by atoms with Crippen LogP contribution in [-0.4, -0.2) is 75.1 Å². The maximum atomic E-state index is 12.8. The molecule has 2 aliphatic rings. The van der Waals surface area contributed by atoms with Crippen molar-refractivity contribution in [1.82, 2.24) is 0 Å². The zero-order valence-corrected chi connectivity index (χ0v) is 17.3. The zero-order chi connectivity index (χ0) is 23.9. The number of para-hydroxylation sites is 1. The second kappa shape index (κ2) is 8.87. The molecule has 11 heteroatoms. The van der Waals surface area contributed by atoms with Gasteiger partial charge in [-0.15, -0.1) is 0 Å². The highest BCUT2D eigenvalue weighted by Gasteiger charge is 2.48. The van der Waals surface area contributed by atoms with Crippen LogP contribution in [0.1, 0.15) is 28.4 Å². The molecule has 4 rings (SSSR count). The van der Waals surface area contributed by atoms with E-state index in [9.17, 15) is 35.1 Å². The Labute approximate surface area is 187 Å². The fourth-order valence-electron chi connectivity index (χ4n) is 3.84. The highest BCUT2D eigenvalue weighted by molar-refractivity contribution is 6.03. The van der Waals surface area contributed by atoms with E-state index in [0.29, 0.717) is 5.56 Å². The average molecular weight is 462 g/mol. The molecule has 0 radical (unpaired) electrons. The Balaban J connectivity index is 1.65. The maximum Gasteiger partial charge on any atom is 0.335 e. The van der Waals surface area contributed by atoms with Crippen molar-refractivity contribution in [3.63, 3.8) is 0 Å². The summed E-state index contributed by atoms with van der Waals surface area (Å²) in [6, 6.07) is 9.07. The lowest BCUT2D eigenvalue weighted by molar-refractivity contribution is -0.271. The predicted molar refractivity (Wildman–Crippen MR) is 108 cm³/mol. The van der Waals surface area contributed by atoms with Crippen LogP contribution < -0.4 is 14.2 Å². The van der Waals surface area contributed by atoms with E-state index in [1.54, 1.807) is 18.2 Å². The monoisotopic (exact) mass is 462 g/mol. The Bertz CT molecular complexity index is 1070. The number of carbonyl (C=O) groups is 2. The number of rotatable bonds is 5. The van der Waals surface area contributed by atoms with Gasteiger partial charge in [-0.05, 0) is 6.07 Å². The van der Waals surface area contributed by atoms with Crippen LogP contribution >= 0.6 is 0 Å². The quantitative estimate of drug-likeness (QED) is 0.416. The highest BCUT2D eigenvalue weighted by atomic mass is 16.7. The number of aliphatic hydroxyl groups is 3. The number of hydrogen-bond donors (Lipinski definition) is 5. The van der Waals surface area contributed by atoms with Crippen molar-refractivity contribution in [2.45, 2.75) is 43.2 Å². The molecule has 0 saturated carbocycles. The molecule has 2 aliphatic heterocycles. The standard InChI is InChI=1S/C22H22O11/c1-30-14-6-9(31-22-19(27)17(25)18(26)20(33-22)21(28)29)7-15-16(14)12(24)8-13(32-15)10-4-2-3-5-11(10)23/h2-7,13,17-20,22-23,25-27H,8H2,1H3,(H,28,29)/t13-,17-,18-,19+,20-,22+/m0/s1. The third-order valence-electron chi connectivity index (χ3n) is 5.53. The number of carboxylic acid groups (broad SMARTS) is 1. The number of aliphatic hydroxyl groups excluding tert-OH is 3. The fourth-order valence-corrected chi connectivity index (χ4v) is 3.84. The smallest absolute Gasteiger partial charge is 0.335 e. The fraction of sp³-hybridized carbons (Fsp3) is 0.364. The van der Waals surface area contributed by atoms with Gasteiger partial charge < -0.3 is 44.5 Å². The van der Waals surface area contributed by atoms with Crippen LogP contribution in [0.25, 0.3) is 0 Å². The van der Waals surface area contributed by atoms with E-state index in [2.05, 4.69) is 0 Å². The summed E-state index contributed by atoms with van der Waals surface area (Å²) < 4.78 is 21.9. The van der Waals surface area contributed by atoms with Crippen molar-refractivity contribution in [2.24, 2.45) is 0 Å². The number of aliphatic carboxylic acids is 1. The van der Waals surface area contributed by atoms with Crippen LogP contribution in [0.3, 0.4) is 0 Å². The maximum absolute atomic E-state index is 12.8. The van der Waals surface area contributed by atoms with Gasteiger partial charge in [0.15, 0.2) is 11.9 Å². The summed E-state index contributed by atoms with van der Waals surface area (Å²) in [6.45, 7) is 0. The molecular formula is C22H22O11. The number of Topliss-reactive ketones (excluding diaryl/α,β-unsaturated/α-hetero) is 1. The van der Waals surface area contributed by atoms with Crippen molar-refractivity contribution in [3.05, 3.63) is 47.5 Å². The summed E-state index contributed by atoms with van der Waals surface area (Å²) >= 11 is 0. The topological polar surface area (TPSA) is 172 Å². The number of carboxylic acids is 1. The predicted octanol–water partition coefficient (Wildman–Crippen LogP) is 0.378. The second-order valence-corrected chi connectivity index (χ2v) is 7.64. The Kier molecular flexibility index (Phi) is 6.13. The SMILES string of the molecule is COc1cc(O[C@@H]2O[C@H](C(=O)O)[C@@H](O)[C@H](O)[C@H]2O)cc2c1C(=O)C[C@@H](c1ccccc1O)O2. The third-order valence-corrected chi connectivity index (χ3v) is 5.53. The Morgan fingerprint density at radius 1 is 1.09 bits per heavy atom. The van der Waals surface area contributed by atoms with Gasteiger partial charge in [-0.25, -0.2) is 4.79 Å². The molecule has 1 fully saturated rings. The summed E-state index contributed by atoms with van der Waals surface area (Å²) in [5.74, 6) is -1.73. The molecule has 0 aliphatic carbocycles. The first kappa shape index (κ1) is 22.8. The van der Waals surface area contributed by atoms with Gasteiger partial charge in [-0.3, -0.25) is 4.79 Å². The summed E-state index contributed by atoms with van der Waals surface area (Å²) in [4.78, 5) is 24.1. The summed E-state index contributed by atoms with van der Waals surface area (Å²) in [7, 11) is 1.33. The molecule has 2 aromatic rings. The number of hydrogen-bond acceptors (Lipinski definition) is 10. The lowest BCUT2D eigenvalue weighted by Crippen LogP contribution is -2.61. The summed E-state index contributed by atoms with van der Waals surface area (Å²) in [5, 5.41) is 49.3. The Morgan fingerprint density at radius 2 is 1.82 bits per heavy atom. The molecule has 2 heterocycles. The molecule has 0 bridgehead atoms. The normalized spacial score (nSPS) is 29.0. The minimum atomic E-state index is -1.87. The van der Waals surface area contributed by atoms with Crippen LogP contribution in [0.2, 0.25) is 0 Å². The molecule has 0 amide bonds. The molecular weight excluding hydrogens is 440 g/mol. The van der Waals surface area contributed by atoms with Crippen LogP contribution in [-0.2, 0) is 9.53 Å². The number of phenols is 1. The van der Waals surface area contributed by atoms with Gasteiger partial charge in [-0.2, -0.15) is 0 Å². The lowest BCUT2D eigenvalue weighted by Gasteiger charge is -2.38. The largest absolute Gasteiger partial charge is 0.508 e. The van der Waals surface area contributed by atoms with Gasteiger partial charge in [0.1, 0.15) is 53.0 Å². The molecule has 0 aromatic heterocycles. The molecule has 5 N–H and O–H groups in total. The van der Waals surface area contributed by atoms with E-state index in [4.69, 9.17) is 18.9 Å². The Morgan fingerprint density at radius 3 is 2.48 bits per heavy atom. The van der Waals surface area contributed by atoms with E-state index in [1.807, 2.05) is 0 Å². The van der Waals surface area contributed by atoms with Crippen LogP contribution in [0.4, 0.5) is 0 Å². The van der Waals surface area contributed by atoms with Gasteiger partial charge in [0.2, 0.25) is 6.29 Å². The average Bonchev–Trinajstić information content (AvgIpc) is 2.78. The minimum Gasteiger partial charge on any atom is -0.508 e. The molecule has 2 aromatic carbocycles. The van der Waals surface area contributed by atoms with E-state index in [-0.39, 0.29) is 40.8 Å². The van der Waals surface area contributed by atoms with E-state index in [1.165, 1.54) is 25.3 Å². The number of aromatic hydroxyl groups is 1. The Hall–Kier alpha value is -3.38. The molecule has 176 valence electrons. The van der Waals surface area contributed by atoms with E-state index in [0.717, 1.165) is 0 Å². The van der Waals surface area contributed by atoms with Crippen molar-refractivity contribution in [2.75, 3.05) is 7.11 Å². The molecule has 11 nitrogen and oxygen atoms in total. The number of fused-ring (bicyclic) bond motifs is 1. The van der Waals surface area contributed by atoms with Crippen LogP contribution in [0.5, 0.6) is 23.0 Å². The van der Waals surface area contributed by atoms with Crippen molar-refractivity contribution in [1.29, 1.82) is 0 Å². The molecule has 0 spiro atoms. The van der Waals surface area contributed by atoms with Crippen LogP contribution in [0.15, 0.2) is 36.4 Å². The third kappa shape index (κ3) is 4.18. The van der Waals surface area contributed by atoms with Gasteiger partial charge >= 0.3 is 5.97 Å². The first-order valence-electron chi connectivity index (χ1n) is 10.00. The van der Waals surface area contributed by atoms with Crippen molar-refractivity contribution >= 4 is 11.8 Å². The van der Waals surface area contributed by atoms with E-state index < -0.39 is 42.8 Å². The second-order valence-electron chi connectivity index (χ2n) is 7.64. The molecule has 1 saturated heterocycles. The summed E-state index contributed by atoms with van der Waals surface area (Å²) in [6.07, 6.45) is -9.79. The number of ketones is 1. The minimum absolute atomic E-state index is 0.0203. The van der Waals surface area contributed by atoms with Gasteiger partial charge in [0.25, 0.3) is 0 Å². The molecule has 0 unspecified atom stereocenters. The number of carbonyl (C=O) groups excluding carboxylic acids is 1. The lowest BCUT2D eigenvalue weighted by atomic mass is 9.95. The van der Waals surface area contributed by atoms with Gasteiger partial charge in [0, 0.05) is 17.7 Å².